The highest BCUT2D eigenvalue weighted by Crippen LogP contribution is 2.40. The van der Waals surface area contributed by atoms with Crippen molar-refractivity contribution in [1.82, 2.24) is 0 Å². The molecule has 0 bridgehead atoms. The first kappa shape index (κ1) is 52.8. The van der Waals surface area contributed by atoms with Crippen molar-refractivity contribution in [2.24, 2.45) is 28.2 Å². The second-order valence-electron chi connectivity index (χ2n) is 24.2. The van der Waals surface area contributed by atoms with Crippen molar-refractivity contribution in [3.8, 4) is 56.2 Å². The molecule has 7 aromatic heterocycles. The molecule has 15 rings (SSSR count). The molecule has 15 aromatic rings. The van der Waals surface area contributed by atoms with Gasteiger partial charge in [0.1, 0.15) is 61.7 Å². The maximum atomic E-state index is 7.97. The number of nitrogens with zero attached hydrogens (tertiary/aromatic N) is 4. The van der Waals surface area contributed by atoms with Crippen LogP contribution in [0.15, 0.2) is 238 Å². The number of para-hydroxylation sites is 3. The molecule has 7 heterocycles. The molecular formula is C83H80N4O3+4. The van der Waals surface area contributed by atoms with E-state index in [9.17, 15) is 0 Å². The zero-order valence-electron chi connectivity index (χ0n) is 59.5. The van der Waals surface area contributed by atoms with E-state index in [1.807, 2.05) is 98.9 Å². The molecule has 0 saturated heterocycles. The Kier molecular flexibility index (Phi) is 14.7. The Balaban J connectivity index is 0.000000123. The van der Waals surface area contributed by atoms with Gasteiger partial charge in [0.2, 0.25) is 22.8 Å². The lowest BCUT2D eigenvalue weighted by Crippen LogP contribution is -2.31. The summed E-state index contributed by atoms with van der Waals surface area (Å²) in [6.45, 7) is 12.2. The molecule has 0 amide bonds. The molecule has 8 aromatic carbocycles. The van der Waals surface area contributed by atoms with Crippen LogP contribution in [-0.4, -0.2) is 0 Å². The largest absolute Gasteiger partial charge is 0.455 e. The van der Waals surface area contributed by atoms with Crippen LogP contribution in [0.2, 0.25) is 0 Å². The molecule has 0 fully saturated rings. The van der Waals surface area contributed by atoms with E-state index in [0.29, 0.717) is 28.2 Å². The summed E-state index contributed by atoms with van der Waals surface area (Å²) in [7, 11) is 8.06. The van der Waals surface area contributed by atoms with E-state index >= 15 is 0 Å². The van der Waals surface area contributed by atoms with Crippen molar-refractivity contribution in [1.29, 1.82) is 0 Å². The average Bonchev–Trinajstić information content (AvgIpc) is 1.53. The van der Waals surface area contributed by atoms with Crippen molar-refractivity contribution in [2.45, 2.75) is 75.0 Å². The van der Waals surface area contributed by atoms with Crippen molar-refractivity contribution < 1.29 is 39.7 Å². The second-order valence-corrected chi connectivity index (χ2v) is 24.2. The Labute approximate surface area is 537 Å². The lowest BCUT2D eigenvalue weighted by atomic mass is 9.93. The van der Waals surface area contributed by atoms with Crippen LogP contribution in [0.25, 0.3) is 122 Å². The van der Waals surface area contributed by atoms with Crippen molar-refractivity contribution in [3.63, 3.8) is 0 Å². The molecule has 0 saturated carbocycles. The topological polar surface area (TPSA) is 54.9 Å². The molecule has 0 aliphatic heterocycles. The highest BCUT2D eigenvalue weighted by molar-refractivity contribution is 6.12. The fourth-order valence-electron chi connectivity index (χ4n) is 12.5. The molecule has 7 nitrogen and oxygen atoms in total. The molecule has 0 N–H and O–H groups in total. The molecule has 7 heteroatoms. The van der Waals surface area contributed by atoms with Gasteiger partial charge in [-0.3, -0.25) is 0 Å². The predicted molar refractivity (Wildman–Crippen MR) is 371 cm³/mol. The third-order valence-corrected chi connectivity index (χ3v) is 17.4. The van der Waals surface area contributed by atoms with Gasteiger partial charge in [-0.25, -0.2) is 18.3 Å². The zero-order chi connectivity index (χ0) is 68.1. The van der Waals surface area contributed by atoms with E-state index in [2.05, 4.69) is 204 Å². The number of hydrogen-bond donors (Lipinski definition) is 0. The summed E-state index contributed by atoms with van der Waals surface area (Å²) in [4.78, 5) is 0. The molecule has 0 spiro atoms. The second kappa shape index (κ2) is 25.1. The van der Waals surface area contributed by atoms with Gasteiger partial charge in [0.25, 0.3) is 0 Å². The first-order valence-corrected chi connectivity index (χ1v) is 30.7. The predicted octanol–water partition coefficient (Wildman–Crippen LogP) is 19.7. The number of aromatic nitrogens is 4. The van der Waals surface area contributed by atoms with Crippen molar-refractivity contribution in [3.05, 3.63) is 275 Å². The molecule has 0 aliphatic carbocycles. The first-order chi connectivity index (χ1) is 45.9. The van der Waals surface area contributed by atoms with Gasteiger partial charge >= 0.3 is 0 Å². The summed E-state index contributed by atoms with van der Waals surface area (Å²) in [6, 6.07) is 67.7. The summed E-state index contributed by atoms with van der Waals surface area (Å²) in [6.07, 6.45) is 8.00. The maximum Gasteiger partial charge on any atom is 0.216 e. The van der Waals surface area contributed by atoms with Crippen LogP contribution in [0, 0.1) is 55.2 Å². The van der Waals surface area contributed by atoms with Crippen molar-refractivity contribution in [2.75, 3.05) is 0 Å². The smallest absolute Gasteiger partial charge is 0.216 e. The Morgan fingerprint density at radius 3 is 1.32 bits per heavy atom. The number of benzene rings is 8. The standard InChI is InChI=1S/C22H22NO.C22H24N.C20H18NO.C19H16NO/c1-14(2)16-11-12-23(4)19(13-16)21-15(3)9-10-18-17-7-5-6-8-20(17)24-22(18)21;1-15-12-22(23(5)14-18(15)4)21-13-20(16(2)11-17(21)3)19-9-7-6-8-10-19;1-13-8-11-17(21(3)12-13)19-14(2)9-10-16-15-6-4-5-7-18(15)22-20(16)19;1-13-10-11-15-14-7-3-4-9-17(14)21-19(15)18(13)16-8-5-6-12-20(16)2/h5-14H,1-4H3;6-14H,1-5H3;4-12H,1-3H3;3-12H,1-2H3/q4*+1/i;2D3,4D3;;. The monoisotopic (exact) mass is 1190 g/mol. The lowest BCUT2D eigenvalue weighted by molar-refractivity contribution is -0.660. The van der Waals surface area contributed by atoms with Gasteiger partial charge in [0.15, 0.2) is 24.8 Å². The summed E-state index contributed by atoms with van der Waals surface area (Å²) in [5.74, 6) is 0.500. The third kappa shape index (κ3) is 11.6. The van der Waals surface area contributed by atoms with Gasteiger partial charge in [0, 0.05) is 93.6 Å². The number of hydrogen-bond acceptors (Lipinski definition) is 3. The lowest BCUT2D eigenvalue weighted by Gasteiger charge is -2.12. The van der Waals surface area contributed by atoms with Gasteiger partial charge in [-0.15, -0.1) is 0 Å². The molecule has 446 valence electrons. The molecule has 0 radical (unpaired) electrons. The van der Waals surface area contributed by atoms with Gasteiger partial charge < -0.3 is 13.3 Å². The molecular weight excluding hydrogens is 1100 g/mol. The highest BCUT2D eigenvalue weighted by Gasteiger charge is 2.24. The van der Waals surface area contributed by atoms with Crippen LogP contribution in [0.3, 0.4) is 0 Å². The van der Waals surface area contributed by atoms with Crippen LogP contribution < -0.4 is 18.3 Å². The van der Waals surface area contributed by atoms with Gasteiger partial charge in [-0.1, -0.05) is 141 Å². The Bertz CT molecular complexity index is 5440. The first-order valence-electron chi connectivity index (χ1n) is 33.7. The van der Waals surface area contributed by atoms with E-state index in [1.54, 1.807) is 23.8 Å². The molecule has 0 unspecified atom stereocenters. The number of aryl methyl sites for hydroxylation is 12. The molecule has 0 atom stereocenters. The Morgan fingerprint density at radius 1 is 0.333 bits per heavy atom. The number of rotatable bonds is 6. The van der Waals surface area contributed by atoms with E-state index in [0.717, 1.165) is 55.9 Å². The van der Waals surface area contributed by atoms with Crippen LogP contribution >= 0.6 is 0 Å². The highest BCUT2D eigenvalue weighted by atomic mass is 16.3. The Morgan fingerprint density at radius 2 is 0.811 bits per heavy atom. The summed E-state index contributed by atoms with van der Waals surface area (Å²) >= 11 is 0. The number of pyridine rings is 4. The minimum atomic E-state index is -2.24. The fraction of sp³-hybridized carbons (Fsp3) is 0.181. The quantitative estimate of drug-likeness (QED) is 0.156. The summed E-state index contributed by atoms with van der Waals surface area (Å²) in [5.41, 5.74) is 24.4. The zero-order valence-corrected chi connectivity index (χ0v) is 53.5. The Hall–Kier alpha value is -10.2. The van der Waals surface area contributed by atoms with E-state index in [4.69, 9.17) is 21.5 Å². The van der Waals surface area contributed by atoms with E-state index in [1.165, 1.54) is 93.9 Å². The number of fused-ring (bicyclic) bond motifs is 9. The fourth-order valence-corrected chi connectivity index (χ4v) is 12.5. The average molecular weight is 1190 g/mol. The van der Waals surface area contributed by atoms with Gasteiger partial charge in [-0.2, -0.15) is 0 Å². The van der Waals surface area contributed by atoms with Gasteiger partial charge in [-0.05, 0) is 148 Å². The summed E-state index contributed by atoms with van der Waals surface area (Å²) < 4.78 is 74.0. The van der Waals surface area contributed by atoms with Crippen LogP contribution in [0.5, 0.6) is 0 Å². The van der Waals surface area contributed by atoms with Crippen LogP contribution in [0.1, 0.15) is 78.1 Å². The minimum Gasteiger partial charge on any atom is -0.455 e. The minimum absolute atomic E-state index is 0.309. The maximum absolute atomic E-state index is 7.97. The summed E-state index contributed by atoms with van der Waals surface area (Å²) in [5, 5.41) is 7.06. The third-order valence-electron chi connectivity index (χ3n) is 17.4. The van der Waals surface area contributed by atoms with E-state index < -0.39 is 13.7 Å². The van der Waals surface area contributed by atoms with Crippen LogP contribution in [-0.2, 0) is 28.2 Å². The SMILES string of the molecule is Cc1ccc(-c2c(C)ccc3c2oc2ccccc23)[n+](C)c1.Cc1ccc2c(oc3ccccc32)c1-c1cc(C(C)C)cc[n+]1C.Cc1ccc2c(oc3ccccc32)c1-c1cccc[n+]1C.[2H]C([2H])([2H])c1c[n+](C)c(-c2cc(-c3ccccc3)c(C([2H])([2H])[2H])cc2C)cc1C. The van der Waals surface area contributed by atoms with Crippen LogP contribution in [0.4, 0.5) is 0 Å². The number of furan rings is 3. The van der Waals surface area contributed by atoms with Gasteiger partial charge in [0.05, 0.1) is 16.7 Å². The molecule has 0 aliphatic rings. The normalized spacial score (nSPS) is 12.6. The van der Waals surface area contributed by atoms with E-state index in [-0.39, 0.29) is 0 Å². The van der Waals surface area contributed by atoms with Crippen molar-refractivity contribution >= 4 is 65.8 Å². The molecule has 90 heavy (non-hydrogen) atoms.